The predicted molar refractivity (Wildman–Crippen MR) is 90.5 cm³/mol. The maximum Gasteiger partial charge on any atom is 0.335 e. The van der Waals surface area contributed by atoms with Crippen LogP contribution < -0.4 is 0 Å². The Labute approximate surface area is 136 Å². The summed E-state index contributed by atoms with van der Waals surface area (Å²) >= 11 is 0. The molecule has 4 heteroatoms. The van der Waals surface area contributed by atoms with E-state index < -0.39 is 11.9 Å². The number of rotatable bonds is 2. The Balaban J connectivity index is 0.000000231. The molecule has 23 heavy (non-hydrogen) atoms. The van der Waals surface area contributed by atoms with E-state index in [1.54, 1.807) is 18.2 Å². The van der Waals surface area contributed by atoms with E-state index in [-0.39, 0.29) is 0 Å². The normalized spacial score (nSPS) is 9.78. The van der Waals surface area contributed by atoms with E-state index >= 15 is 0 Å². The number of carboxylic acid groups (broad SMARTS) is 2. The molecular formula is C19H22O4. The smallest absolute Gasteiger partial charge is 0.335 e. The SMILES string of the molecule is Cc1ccc(C(=O)O)c(C)c1C.Cc1cccc(C(=O)O)c1C. The minimum Gasteiger partial charge on any atom is -0.478 e. The van der Waals surface area contributed by atoms with Gasteiger partial charge in [0.2, 0.25) is 0 Å². The molecule has 0 saturated carbocycles. The summed E-state index contributed by atoms with van der Waals surface area (Å²) in [6.45, 7) is 9.48. The first-order chi connectivity index (χ1) is 10.7. The fourth-order valence-corrected chi connectivity index (χ4v) is 2.17. The van der Waals surface area contributed by atoms with Crippen molar-refractivity contribution in [2.75, 3.05) is 0 Å². The summed E-state index contributed by atoms with van der Waals surface area (Å²) in [5.41, 5.74) is 5.72. The highest BCUT2D eigenvalue weighted by molar-refractivity contribution is 5.90. The van der Waals surface area contributed by atoms with Crippen LogP contribution in [-0.2, 0) is 0 Å². The fourth-order valence-electron chi connectivity index (χ4n) is 2.17. The van der Waals surface area contributed by atoms with E-state index in [0.717, 1.165) is 27.8 Å². The Morgan fingerprint density at radius 3 is 1.61 bits per heavy atom. The van der Waals surface area contributed by atoms with Gasteiger partial charge >= 0.3 is 11.9 Å². The van der Waals surface area contributed by atoms with Crippen LogP contribution in [0.3, 0.4) is 0 Å². The van der Waals surface area contributed by atoms with Gasteiger partial charge in [-0.1, -0.05) is 18.2 Å². The molecule has 2 N–H and O–H groups in total. The van der Waals surface area contributed by atoms with Crippen molar-refractivity contribution in [3.8, 4) is 0 Å². The second-order valence-electron chi connectivity index (χ2n) is 5.54. The Morgan fingerprint density at radius 1 is 0.652 bits per heavy atom. The molecule has 0 aliphatic carbocycles. The van der Waals surface area contributed by atoms with Gasteiger partial charge in [-0.25, -0.2) is 9.59 Å². The van der Waals surface area contributed by atoms with Crippen LogP contribution in [0.15, 0.2) is 30.3 Å². The van der Waals surface area contributed by atoms with Crippen LogP contribution in [0.25, 0.3) is 0 Å². The average molecular weight is 314 g/mol. The van der Waals surface area contributed by atoms with Crippen LogP contribution in [0.4, 0.5) is 0 Å². The number of benzene rings is 2. The van der Waals surface area contributed by atoms with Gasteiger partial charge in [0.25, 0.3) is 0 Å². The van der Waals surface area contributed by atoms with Crippen molar-refractivity contribution in [3.63, 3.8) is 0 Å². The van der Waals surface area contributed by atoms with Gasteiger partial charge in [-0.2, -0.15) is 0 Å². The standard InChI is InChI=1S/C10H12O2.C9H10O2/c1-6-4-5-9(10(11)12)8(3)7(6)2;1-6-4-3-5-8(7(6)2)9(10)11/h4-5H,1-3H3,(H,11,12);3-5H,1-2H3,(H,10,11). The molecule has 0 fully saturated rings. The quantitative estimate of drug-likeness (QED) is 0.866. The van der Waals surface area contributed by atoms with Gasteiger partial charge in [-0.05, 0) is 74.6 Å². The number of carbonyl (C=O) groups is 2. The lowest BCUT2D eigenvalue weighted by atomic mass is 9.99. The van der Waals surface area contributed by atoms with Crippen LogP contribution >= 0.6 is 0 Å². The monoisotopic (exact) mass is 314 g/mol. The molecule has 2 aromatic rings. The summed E-state index contributed by atoms with van der Waals surface area (Å²) in [6, 6.07) is 8.77. The summed E-state index contributed by atoms with van der Waals surface area (Å²) in [5, 5.41) is 17.5. The molecule has 0 spiro atoms. The zero-order valence-corrected chi connectivity index (χ0v) is 14.1. The lowest BCUT2D eigenvalue weighted by Gasteiger charge is -2.06. The lowest BCUT2D eigenvalue weighted by Crippen LogP contribution is -2.01. The highest BCUT2D eigenvalue weighted by Crippen LogP contribution is 2.16. The van der Waals surface area contributed by atoms with Crippen molar-refractivity contribution >= 4 is 11.9 Å². The molecule has 0 aliphatic rings. The number of carboxylic acids is 2. The van der Waals surface area contributed by atoms with Gasteiger partial charge in [0.15, 0.2) is 0 Å². The van der Waals surface area contributed by atoms with Crippen LogP contribution in [0.2, 0.25) is 0 Å². The predicted octanol–water partition coefficient (Wildman–Crippen LogP) is 4.31. The Kier molecular flexibility index (Phi) is 6.08. The van der Waals surface area contributed by atoms with Gasteiger partial charge in [0.1, 0.15) is 0 Å². The van der Waals surface area contributed by atoms with Crippen molar-refractivity contribution in [2.45, 2.75) is 34.6 Å². The molecule has 0 amide bonds. The van der Waals surface area contributed by atoms with Crippen LogP contribution in [-0.4, -0.2) is 22.2 Å². The van der Waals surface area contributed by atoms with E-state index in [0.29, 0.717) is 11.1 Å². The molecule has 0 saturated heterocycles. The third kappa shape index (κ3) is 4.42. The van der Waals surface area contributed by atoms with Crippen LogP contribution in [0.5, 0.6) is 0 Å². The van der Waals surface area contributed by atoms with E-state index in [2.05, 4.69) is 0 Å². The first-order valence-corrected chi connectivity index (χ1v) is 7.26. The molecule has 0 aromatic heterocycles. The summed E-state index contributed by atoms with van der Waals surface area (Å²) in [7, 11) is 0. The Hall–Kier alpha value is -2.62. The number of hydrogen-bond donors (Lipinski definition) is 2. The molecule has 2 rings (SSSR count). The van der Waals surface area contributed by atoms with Gasteiger partial charge in [-0.3, -0.25) is 0 Å². The first kappa shape index (κ1) is 18.4. The zero-order valence-electron chi connectivity index (χ0n) is 14.1. The zero-order chi connectivity index (χ0) is 17.7. The van der Waals surface area contributed by atoms with E-state index in [4.69, 9.17) is 10.2 Å². The second-order valence-corrected chi connectivity index (χ2v) is 5.54. The third-order valence-corrected chi connectivity index (χ3v) is 4.12. The van der Waals surface area contributed by atoms with Crippen molar-refractivity contribution in [1.29, 1.82) is 0 Å². The van der Waals surface area contributed by atoms with Gasteiger partial charge in [-0.15, -0.1) is 0 Å². The topological polar surface area (TPSA) is 74.6 Å². The van der Waals surface area contributed by atoms with Crippen molar-refractivity contribution in [2.24, 2.45) is 0 Å². The van der Waals surface area contributed by atoms with Gasteiger partial charge in [0, 0.05) is 0 Å². The summed E-state index contributed by atoms with van der Waals surface area (Å²) in [4.78, 5) is 21.3. The molecule has 0 heterocycles. The molecular weight excluding hydrogens is 292 g/mol. The molecule has 0 aliphatic heterocycles. The third-order valence-electron chi connectivity index (χ3n) is 4.12. The number of aryl methyl sites for hydroxylation is 2. The summed E-state index contributed by atoms with van der Waals surface area (Å²) in [5.74, 6) is -1.71. The first-order valence-electron chi connectivity index (χ1n) is 7.26. The number of aromatic carboxylic acids is 2. The average Bonchev–Trinajstić information content (AvgIpc) is 2.47. The molecule has 0 bridgehead atoms. The molecule has 122 valence electrons. The maximum atomic E-state index is 10.7. The van der Waals surface area contributed by atoms with Crippen LogP contribution in [0, 0.1) is 34.6 Å². The fraction of sp³-hybridized carbons (Fsp3) is 0.263. The van der Waals surface area contributed by atoms with Crippen molar-refractivity contribution < 1.29 is 19.8 Å². The molecule has 2 aromatic carbocycles. The summed E-state index contributed by atoms with van der Waals surface area (Å²) < 4.78 is 0. The minimum atomic E-state index is -0.855. The molecule has 0 radical (unpaired) electrons. The lowest BCUT2D eigenvalue weighted by molar-refractivity contribution is 0.0685. The van der Waals surface area contributed by atoms with Crippen molar-refractivity contribution in [3.05, 3.63) is 69.3 Å². The molecule has 0 unspecified atom stereocenters. The summed E-state index contributed by atoms with van der Waals surface area (Å²) in [6.07, 6.45) is 0. The molecule has 4 nitrogen and oxygen atoms in total. The highest BCUT2D eigenvalue weighted by Gasteiger charge is 2.09. The highest BCUT2D eigenvalue weighted by atomic mass is 16.4. The largest absolute Gasteiger partial charge is 0.478 e. The number of hydrogen-bond acceptors (Lipinski definition) is 2. The van der Waals surface area contributed by atoms with E-state index in [1.165, 1.54) is 0 Å². The molecule has 0 atom stereocenters. The second kappa shape index (κ2) is 7.58. The van der Waals surface area contributed by atoms with Crippen molar-refractivity contribution in [1.82, 2.24) is 0 Å². The van der Waals surface area contributed by atoms with Gasteiger partial charge < -0.3 is 10.2 Å². The van der Waals surface area contributed by atoms with Gasteiger partial charge in [0.05, 0.1) is 11.1 Å². The van der Waals surface area contributed by atoms with E-state index in [9.17, 15) is 9.59 Å². The minimum absolute atomic E-state index is 0.394. The Bertz CT molecular complexity index is 745. The van der Waals surface area contributed by atoms with Crippen LogP contribution in [0.1, 0.15) is 48.5 Å². The maximum absolute atomic E-state index is 10.7. The van der Waals surface area contributed by atoms with E-state index in [1.807, 2.05) is 46.8 Å². The Morgan fingerprint density at radius 2 is 1.13 bits per heavy atom.